The first-order valence-electron chi connectivity index (χ1n) is 8.77. The SMILES string of the molecule is CCOP(=O)(OCC)C(C[C@H](C=O)C(C)(C)C)P(=O)(OCC)OCC. The highest BCUT2D eigenvalue weighted by molar-refractivity contribution is 7.72. The maximum atomic E-state index is 13.4. The number of hydrogen-bond acceptors (Lipinski definition) is 7. The second-order valence-corrected chi connectivity index (χ2v) is 11.4. The number of aldehydes is 1. The fourth-order valence-corrected chi connectivity index (χ4v) is 7.84. The molecule has 150 valence electrons. The van der Waals surface area contributed by atoms with Crippen molar-refractivity contribution in [2.45, 2.75) is 60.3 Å². The lowest BCUT2D eigenvalue weighted by Gasteiger charge is -2.35. The fraction of sp³-hybridized carbons (Fsp3) is 0.938. The molecule has 0 aromatic rings. The van der Waals surface area contributed by atoms with Crippen molar-refractivity contribution in [2.24, 2.45) is 11.3 Å². The van der Waals surface area contributed by atoms with Crippen molar-refractivity contribution in [1.29, 1.82) is 0 Å². The van der Waals surface area contributed by atoms with E-state index in [9.17, 15) is 13.9 Å². The Morgan fingerprint density at radius 1 is 0.800 bits per heavy atom. The molecule has 0 bridgehead atoms. The van der Waals surface area contributed by atoms with E-state index in [1.54, 1.807) is 27.7 Å². The zero-order valence-corrected chi connectivity index (χ0v) is 18.3. The summed E-state index contributed by atoms with van der Waals surface area (Å²) < 4.78 is 48.4. The fourth-order valence-electron chi connectivity index (χ4n) is 2.41. The summed E-state index contributed by atoms with van der Waals surface area (Å²) in [5, 5.41) is -1.16. The van der Waals surface area contributed by atoms with Gasteiger partial charge in [-0.25, -0.2) is 0 Å². The van der Waals surface area contributed by atoms with Crippen molar-refractivity contribution >= 4 is 21.5 Å². The molecular formula is C16H34O7P2. The summed E-state index contributed by atoms with van der Waals surface area (Å²) in [6.45, 7) is 12.9. The van der Waals surface area contributed by atoms with Crippen LogP contribution in [0.5, 0.6) is 0 Å². The first-order valence-corrected chi connectivity index (χ1v) is 12.0. The third kappa shape index (κ3) is 7.24. The maximum Gasteiger partial charge on any atom is 0.345 e. The molecule has 0 aliphatic rings. The van der Waals surface area contributed by atoms with E-state index < -0.39 is 31.9 Å². The van der Waals surface area contributed by atoms with Crippen LogP contribution in [0.25, 0.3) is 0 Å². The molecule has 0 saturated carbocycles. The van der Waals surface area contributed by atoms with Gasteiger partial charge in [-0.05, 0) is 39.5 Å². The minimum absolute atomic E-state index is 0.0293. The van der Waals surface area contributed by atoms with Crippen LogP contribution in [0.2, 0.25) is 0 Å². The van der Waals surface area contributed by atoms with Gasteiger partial charge in [-0.3, -0.25) is 9.13 Å². The molecule has 0 unspecified atom stereocenters. The van der Waals surface area contributed by atoms with Gasteiger partial charge in [0, 0.05) is 5.92 Å². The molecule has 0 aliphatic heterocycles. The van der Waals surface area contributed by atoms with Gasteiger partial charge < -0.3 is 22.9 Å². The molecule has 0 saturated heterocycles. The molecule has 0 aliphatic carbocycles. The van der Waals surface area contributed by atoms with Crippen molar-refractivity contribution in [3.05, 3.63) is 0 Å². The standard InChI is InChI=1S/C16H34O7P2/c1-8-20-24(18,21-9-2)15(12-14(13-17)16(5,6)7)25(19,22-10-3)23-11-4/h13-15H,8-12H2,1-7H3/t14-/m1/s1. The predicted octanol–water partition coefficient (Wildman–Crippen LogP) is 5.10. The van der Waals surface area contributed by atoms with Crippen molar-refractivity contribution in [3.63, 3.8) is 0 Å². The zero-order chi connectivity index (χ0) is 19.7. The van der Waals surface area contributed by atoms with Gasteiger partial charge >= 0.3 is 15.2 Å². The molecule has 0 amide bonds. The second kappa shape index (κ2) is 11.0. The number of rotatable bonds is 13. The van der Waals surface area contributed by atoms with Crippen LogP contribution in [0.1, 0.15) is 54.9 Å². The third-order valence-electron chi connectivity index (χ3n) is 3.71. The van der Waals surface area contributed by atoms with Crippen LogP contribution >= 0.6 is 15.2 Å². The summed E-state index contributed by atoms with van der Waals surface area (Å²) in [7, 11) is -7.64. The molecule has 0 radical (unpaired) electrons. The lowest BCUT2D eigenvalue weighted by Crippen LogP contribution is -2.28. The molecule has 0 aromatic carbocycles. The second-order valence-electron chi connectivity index (χ2n) is 6.58. The van der Waals surface area contributed by atoms with Crippen LogP contribution in [0.3, 0.4) is 0 Å². The van der Waals surface area contributed by atoms with Gasteiger partial charge in [0.25, 0.3) is 0 Å². The minimum atomic E-state index is -3.82. The molecule has 0 N–H and O–H groups in total. The predicted molar refractivity (Wildman–Crippen MR) is 99.1 cm³/mol. The molecule has 7 nitrogen and oxygen atoms in total. The Labute approximate surface area is 152 Å². The Morgan fingerprint density at radius 3 is 1.32 bits per heavy atom. The van der Waals surface area contributed by atoms with Crippen molar-refractivity contribution < 1.29 is 32.0 Å². The van der Waals surface area contributed by atoms with E-state index in [1.807, 2.05) is 20.8 Å². The molecule has 0 aromatic heterocycles. The lowest BCUT2D eigenvalue weighted by atomic mass is 9.80. The van der Waals surface area contributed by atoms with Gasteiger partial charge in [-0.2, -0.15) is 0 Å². The van der Waals surface area contributed by atoms with E-state index in [0.717, 1.165) is 6.29 Å². The minimum Gasteiger partial charge on any atom is -0.308 e. The average Bonchev–Trinajstić information content (AvgIpc) is 2.47. The molecule has 0 heterocycles. The highest BCUT2D eigenvalue weighted by Crippen LogP contribution is 2.72. The summed E-state index contributed by atoms with van der Waals surface area (Å²) in [5.41, 5.74) is -0.410. The summed E-state index contributed by atoms with van der Waals surface area (Å²) >= 11 is 0. The number of hydrogen-bond donors (Lipinski definition) is 0. The van der Waals surface area contributed by atoms with E-state index in [-0.39, 0.29) is 32.8 Å². The number of carbonyl (C=O) groups is 1. The van der Waals surface area contributed by atoms with Crippen molar-refractivity contribution in [3.8, 4) is 0 Å². The molecule has 0 rings (SSSR count). The first-order chi connectivity index (χ1) is 11.5. The van der Waals surface area contributed by atoms with Crippen LogP contribution in [0.15, 0.2) is 0 Å². The molecular weight excluding hydrogens is 366 g/mol. The molecule has 0 spiro atoms. The van der Waals surface area contributed by atoms with E-state index in [4.69, 9.17) is 18.1 Å². The van der Waals surface area contributed by atoms with Crippen molar-refractivity contribution in [1.82, 2.24) is 0 Å². The van der Waals surface area contributed by atoms with Gasteiger partial charge in [-0.15, -0.1) is 0 Å². The van der Waals surface area contributed by atoms with Gasteiger partial charge in [0.2, 0.25) is 0 Å². The van der Waals surface area contributed by atoms with Crippen LogP contribution in [0, 0.1) is 11.3 Å². The Morgan fingerprint density at radius 2 is 1.12 bits per heavy atom. The van der Waals surface area contributed by atoms with Crippen LogP contribution in [-0.2, 0) is 32.0 Å². The quantitative estimate of drug-likeness (QED) is 0.314. The topological polar surface area (TPSA) is 88.1 Å². The normalized spacial score (nSPS) is 14.7. The monoisotopic (exact) mass is 400 g/mol. The average molecular weight is 400 g/mol. The van der Waals surface area contributed by atoms with E-state index in [2.05, 4.69) is 0 Å². The van der Waals surface area contributed by atoms with E-state index in [0.29, 0.717) is 0 Å². The Hall–Kier alpha value is -0.0300. The first kappa shape index (κ1) is 25.0. The molecule has 9 heteroatoms. The van der Waals surface area contributed by atoms with Crippen LogP contribution in [0.4, 0.5) is 0 Å². The van der Waals surface area contributed by atoms with Crippen LogP contribution in [-0.4, -0.2) is 38.1 Å². The van der Waals surface area contributed by atoms with Gasteiger partial charge in [0.15, 0.2) is 5.40 Å². The molecule has 1 atom stereocenters. The highest BCUT2D eigenvalue weighted by Gasteiger charge is 2.52. The Bertz CT molecular complexity index is 437. The largest absolute Gasteiger partial charge is 0.345 e. The molecule has 25 heavy (non-hydrogen) atoms. The van der Waals surface area contributed by atoms with Crippen molar-refractivity contribution in [2.75, 3.05) is 26.4 Å². The highest BCUT2D eigenvalue weighted by atomic mass is 31.2. The summed E-state index contributed by atoms with van der Waals surface area (Å²) in [6.07, 6.45) is 0.818. The van der Waals surface area contributed by atoms with E-state index >= 15 is 0 Å². The smallest absolute Gasteiger partial charge is 0.308 e. The van der Waals surface area contributed by atoms with E-state index in [1.165, 1.54) is 0 Å². The third-order valence-corrected chi connectivity index (χ3v) is 9.76. The summed E-state index contributed by atoms with van der Waals surface area (Å²) in [6, 6.07) is 0. The Balaban J connectivity index is 6.13. The number of carbonyl (C=O) groups excluding carboxylic acids is 1. The Kier molecular flexibility index (Phi) is 10.9. The lowest BCUT2D eigenvalue weighted by molar-refractivity contribution is -0.114. The van der Waals surface area contributed by atoms with Gasteiger partial charge in [0.1, 0.15) is 6.29 Å². The van der Waals surface area contributed by atoms with Gasteiger partial charge in [-0.1, -0.05) is 20.8 Å². The summed E-state index contributed by atoms with van der Waals surface area (Å²) in [5.74, 6) is -0.513. The van der Waals surface area contributed by atoms with Gasteiger partial charge in [0.05, 0.1) is 26.4 Å². The zero-order valence-electron chi connectivity index (χ0n) is 16.5. The maximum absolute atomic E-state index is 13.4. The van der Waals surface area contributed by atoms with Crippen LogP contribution < -0.4 is 0 Å². The molecule has 0 fully saturated rings. The summed E-state index contributed by atoms with van der Waals surface area (Å²) in [4.78, 5) is 11.6.